The van der Waals surface area contributed by atoms with E-state index in [0.717, 1.165) is 13.0 Å². The number of rotatable bonds is 4. The van der Waals surface area contributed by atoms with Gasteiger partial charge in [-0.05, 0) is 48.9 Å². The lowest BCUT2D eigenvalue weighted by Gasteiger charge is -2.13. The fraction of sp³-hybridized carbons (Fsp3) is 0.462. The van der Waals surface area contributed by atoms with Crippen LogP contribution in [0.4, 0.5) is 5.69 Å². The van der Waals surface area contributed by atoms with Crippen LogP contribution in [0.5, 0.6) is 0 Å². The van der Waals surface area contributed by atoms with Gasteiger partial charge in [0, 0.05) is 17.8 Å². The second-order valence-electron chi connectivity index (χ2n) is 4.66. The van der Waals surface area contributed by atoms with Gasteiger partial charge in [-0.25, -0.2) is 0 Å². The summed E-state index contributed by atoms with van der Waals surface area (Å²) in [7, 11) is 0. The van der Waals surface area contributed by atoms with Crippen molar-refractivity contribution in [3.05, 3.63) is 29.8 Å². The zero-order chi connectivity index (χ0) is 11.6. The molecule has 0 aliphatic heterocycles. The molecule has 0 heterocycles. The van der Waals surface area contributed by atoms with Gasteiger partial charge in [0.05, 0.1) is 0 Å². The molecule has 0 saturated heterocycles. The summed E-state index contributed by atoms with van der Waals surface area (Å²) >= 11 is 0. The van der Waals surface area contributed by atoms with Crippen LogP contribution in [0.2, 0.25) is 0 Å². The smallest absolute Gasteiger partial charge is 0.251 e. The molecule has 0 bridgehead atoms. The topological polar surface area (TPSA) is 55.1 Å². The van der Waals surface area contributed by atoms with Crippen molar-refractivity contribution < 1.29 is 4.79 Å². The number of nitrogens with one attached hydrogen (secondary N) is 1. The van der Waals surface area contributed by atoms with Crippen molar-refractivity contribution in [2.24, 2.45) is 5.41 Å². The van der Waals surface area contributed by atoms with E-state index in [1.54, 1.807) is 24.3 Å². The van der Waals surface area contributed by atoms with Crippen LogP contribution in [0.15, 0.2) is 24.3 Å². The molecule has 1 aliphatic carbocycles. The predicted molar refractivity (Wildman–Crippen MR) is 72.4 cm³/mol. The Morgan fingerprint density at radius 1 is 1.35 bits per heavy atom. The first kappa shape index (κ1) is 13.8. The van der Waals surface area contributed by atoms with E-state index < -0.39 is 0 Å². The van der Waals surface area contributed by atoms with Crippen LogP contribution in [0.3, 0.4) is 0 Å². The van der Waals surface area contributed by atoms with E-state index >= 15 is 0 Å². The number of anilines is 1. The number of amides is 1. The minimum absolute atomic E-state index is 0. The summed E-state index contributed by atoms with van der Waals surface area (Å²) in [4.78, 5) is 11.8. The zero-order valence-electron chi connectivity index (χ0n) is 10.0. The number of nitrogen functional groups attached to an aromatic ring is 1. The van der Waals surface area contributed by atoms with E-state index in [0.29, 0.717) is 16.7 Å². The van der Waals surface area contributed by atoms with Crippen LogP contribution in [0.25, 0.3) is 0 Å². The number of carbonyl (C=O) groups is 1. The first-order chi connectivity index (χ1) is 7.65. The van der Waals surface area contributed by atoms with Gasteiger partial charge in [-0.1, -0.05) is 6.92 Å². The Hall–Kier alpha value is -1.22. The average Bonchev–Trinajstić information content (AvgIpc) is 3.08. The summed E-state index contributed by atoms with van der Waals surface area (Å²) in [5.74, 6) is -0.000255. The van der Waals surface area contributed by atoms with Crippen LogP contribution >= 0.6 is 12.4 Å². The summed E-state index contributed by atoms with van der Waals surface area (Å²) in [5, 5.41) is 2.99. The van der Waals surface area contributed by atoms with Crippen LogP contribution in [-0.2, 0) is 0 Å². The fourth-order valence-electron chi connectivity index (χ4n) is 1.84. The van der Waals surface area contributed by atoms with E-state index in [9.17, 15) is 4.79 Å². The van der Waals surface area contributed by atoms with Gasteiger partial charge in [0.25, 0.3) is 5.91 Å². The molecule has 1 fully saturated rings. The number of benzene rings is 1. The molecule has 1 aliphatic rings. The Balaban J connectivity index is 0.00000144. The first-order valence-electron chi connectivity index (χ1n) is 5.79. The van der Waals surface area contributed by atoms with Crippen molar-refractivity contribution in [1.29, 1.82) is 0 Å². The molecule has 0 aromatic heterocycles. The SMILES string of the molecule is CCC1(CNC(=O)c2ccc(N)cc2)CC1.Cl. The van der Waals surface area contributed by atoms with Crippen LogP contribution in [-0.4, -0.2) is 12.5 Å². The highest BCUT2D eigenvalue weighted by Gasteiger charge is 2.40. The molecule has 3 N–H and O–H groups in total. The van der Waals surface area contributed by atoms with E-state index in [-0.39, 0.29) is 18.3 Å². The Bertz CT molecular complexity index is 385. The Morgan fingerprint density at radius 2 is 1.94 bits per heavy atom. The molecule has 0 radical (unpaired) electrons. The fourth-order valence-corrected chi connectivity index (χ4v) is 1.84. The van der Waals surface area contributed by atoms with Gasteiger partial charge in [0.1, 0.15) is 0 Å². The maximum atomic E-state index is 11.8. The first-order valence-corrected chi connectivity index (χ1v) is 5.79. The van der Waals surface area contributed by atoms with Crippen LogP contribution in [0.1, 0.15) is 36.5 Å². The number of carbonyl (C=O) groups excluding carboxylic acids is 1. The van der Waals surface area contributed by atoms with Crippen molar-refractivity contribution in [3.63, 3.8) is 0 Å². The van der Waals surface area contributed by atoms with E-state index in [1.165, 1.54) is 12.8 Å². The van der Waals surface area contributed by atoms with Gasteiger partial charge in [0.2, 0.25) is 0 Å². The molecule has 0 spiro atoms. The standard InChI is InChI=1S/C13H18N2O.ClH/c1-2-13(7-8-13)9-15-12(16)10-3-5-11(14)6-4-10;/h3-6H,2,7-9,14H2,1H3,(H,15,16);1H. The lowest BCUT2D eigenvalue weighted by atomic mass is 10.0. The molecule has 1 aromatic rings. The second-order valence-corrected chi connectivity index (χ2v) is 4.66. The third kappa shape index (κ3) is 3.37. The third-order valence-electron chi connectivity index (χ3n) is 3.50. The monoisotopic (exact) mass is 254 g/mol. The third-order valence-corrected chi connectivity index (χ3v) is 3.50. The summed E-state index contributed by atoms with van der Waals surface area (Å²) in [6.07, 6.45) is 3.63. The number of halogens is 1. The van der Waals surface area contributed by atoms with Crippen LogP contribution in [0, 0.1) is 5.41 Å². The Labute approximate surface area is 108 Å². The summed E-state index contributed by atoms with van der Waals surface area (Å²) < 4.78 is 0. The van der Waals surface area contributed by atoms with Gasteiger partial charge in [-0.3, -0.25) is 4.79 Å². The highest BCUT2D eigenvalue weighted by molar-refractivity contribution is 5.94. The maximum Gasteiger partial charge on any atom is 0.251 e. The zero-order valence-corrected chi connectivity index (χ0v) is 10.8. The molecule has 17 heavy (non-hydrogen) atoms. The van der Waals surface area contributed by atoms with Crippen molar-refractivity contribution in [1.82, 2.24) is 5.32 Å². The summed E-state index contributed by atoms with van der Waals surface area (Å²) in [6.45, 7) is 2.98. The molecule has 1 amide bonds. The minimum Gasteiger partial charge on any atom is -0.399 e. The predicted octanol–water partition coefficient (Wildman–Crippen LogP) is 2.61. The molecule has 1 aromatic carbocycles. The number of nitrogens with two attached hydrogens (primary N) is 1. The summed E-state index contributed by atoms with van der Waals surface area (Å²) in [5.41, 5.74) is 7.33. The van der Waals surface area contributed by atoms with Crippen molar-refractivity contribution in [3.8, 4) is 0 Å². The minimum atomic E-state index is -0.000255. The van der Waals surface area contributed by atoms with Crippen molar-refractivity contribution in [2.75, 3.05) is 12.3 Å². The molecule has 3 nitrogen and oxygen atoms in total. The van der Waals surface area contributed by atoms with Gasteiger partial charge < -0.3 is 11.1 Å². The molecular formula is C13H19ClN2O. The lowest BCUT2D eigenvalue weighted by molar-refractivity contribution is 0.0944. The Morgan fingerprint density at radius 3 is 2.41 bits per heavy atom. The molecule has 0 atom stereocenters. The largest absolute Gasteiger partial charge is 0.399 e. The lowest BCUT2D eigenvalue weighted by Crippen LogP contribution is -2.29. The summed E-state index contributed by atoms with van der Waals surface area (Å²) in [6, 6.07) is 7.02. The van der Waals surface area contributed by atoms with Gasteiger partial charge in [-0.15, -0.1) is 12.4 Å². The van der Waals surface area contributed by atoms with Crippen LogP contribution < -0.4 is 11.1 Å². The second kappa shape index (κ2) is 5.41. The highest BCUT2D eigenvalue weighted by Crippen LogP contribution is 2.47. The highest BCUT2D eigenvalue weighted by atomic mass is 35.5. The average molecular weight is 255 g/mol. The van der Waals surface area contributed by atoms with E-state index in [1.807, 2.05) is 0 Å². The number of hydrogen-bond acceptors (Lipinski definition) is 2. The molecular weight excluding hydrogens is 236 g/mol. The van der Waals surface area contributed by atoms with Gasteiger partial charge in [0.15, 0.2) is 0 Å². The molecule has 4 heteroatoms. The van der Waals surface area contributed by atoms with Crippen molar-refractivity contribution in [2.45, 2.75) is 26.2 Å². The quantitative estimate of drug-likeness (QED) is 0.812. The van der Waals surface area contributed by atoms with Gasteiger partial charge >= 0.3 is 0 Å². The van der Waals surface area contributed by atoms with E-state index in [4.69, 9.17) is 5.73 Å². The molecule has 2 rings (SSSR count). The maximum absolute atomic E-state index is 11.8. The molecule has 0 unspecified atom stereocenters. The normalized spacial score (nSPS) is 15.8. The number of hydrogen-bond donors (Lipinski definition) is 2. The van der Waals surface area contributed by atoms with E-state index in [2.05, 4.69) is 12.2 Å². The Kier molecular flexibility index (Phi) is 4.40. The molecule has 94 valence electrons. The molecule has 1 saturated carbocycles. The van der Waals surface area contributed by atoms with Gasteiger partial charge in [-0.2, -0.15) is 0 Å². The van der Waals surface area contributed by atoms with Crippen molar-refractivity contribution >= 4 is 24.0 Å².